The number of thiazole rings is 1. The maximum Gasteiger partial charge on any atom is 0.257 e. The number of amides is 1. The van der Waals surface area contributed by atoms with E-state index in [4.69, 9.17) is 14.7 Å². The van der Waals surface area contributed by atoms with Crippen molar-refractivity contribution in [1.29, 1.82) is 5.26 Å². The average Bonchev–Trinajstić information content (AvgIpc) is 3.01. The van der Waals surface area contributed by atoms with Crippen molar-refractivity contribution in [3.63, 3.8) is 0 Å². The van der Waals surface area contributed by atoms with Crippen LogP contribution in [0.1, 0.15) is 32.8 Å². The second kappa shape index (κ2) is 8.11. The van der Waals surface area contributed by atoms with E-state index in [-0.39, 0.29) is 5.91 Å². The molecule has 2 heterocycles. The fourth-order valence-corrected chi connectivity index (χ4v) is 3.66. The first-order chi connectivity index (χ1) is 13.7. The van der Waals surface area contributed by atoms with Gasteiger partial charge in [-0.15, -0.1) is 11.3 Å². The first kappa shape index (κ1) is 18.0. The van der Waals surface area contributed by atoms with Gasteiger partial charge in [0.15, 0.2) is 16.6 Å². The molecule has 3 aromatic rings. The van der Waals surface area contributed by atoms with Crippen molar-refractivity contribution in [1.82, 2.24) is 4.98 Å². The molecule has 28 heavy (non-hydrogen) atoms. The number of rotatable bonds is 4. The number of aromatic nitrogens is 1. The van der Waals surface area contributed by atoms with Crippen LogP contribution in [-0.2, 0) is 6.42 Å². The van der Waals surface area contributed by atoms with Crippen LogP contribution in [0, 0.1) is 11.3 Å². The molecule has 6 nitrogen and oxygen atoms in total. The Kier molecular flexibility index (Phi) is 5.22. The highest BCUT2D eigenvalue weighted by Gasteiger charge is 2.15. The highest BCUT2D eigenvalue weighted by Crippen LogP contribution is 2.31. The third-order valence-corrected chi connectivity index (χ3v) is 5.16. The SMILES string of the molecule is N#Cc1ccc(Cc2cnc(NC(=O)c3ccc4c(c3)OCCCO4)s2)cc1. The molecule has 1 aliphatic heterocycles. The summed E-state index contributed by atoms with van der Waals surface area (Å²) in [7, 11) is 0. The minimum Gasteiger partial charge on any atom is -0.490 e. The topological polar surface area (TPSA) is 84.2 Å². The molecule has 0 aliphatic carbocycles. The lowest BCUT2D eigenvalue weighted by Gasteiger charge is -2.08. The van der Waals surface area contributed by atoms with Gasteiger partial charge in [-0.3, -0.25) is 10.1 Å². The molecule has 0 atom stereocenters. The summed E-state index contributed by atoms with van der Waals surface area (Å²) < 4.78 is 11.2. The van der Waals surface area contributed by atoms with Crippen molar-refractivity contribution in [2.24, 2.45) is 0 Å². The molecule has 0 unspecified atom stereocenters. The molecule has 1 aliphatic rings. The van der Waals surface area contributed by atoms with Crippen LogP contribution >= 0.6 is 11.3 Å². The molecule has 1 aromatic heterocycles. The van der Waals surface area contributed by atoms with Crippen LogP contribution in [0.3, 0.4) is 0 Å². The highest BCUT2D eigenvalue weighted by molar-refractivity contribution is 7.15. The molecule has 4 rings (SSSR count). The average molecular weight is 391 g/mol. The molecule has 0 bridgehead atoms. The molecule has 0 saturated carbocycles. The van der Waals surface area contributed by atoms with Gasteiger partial charge in [-0.05, 0) is 35.9 Å². The number of nitrogens with one attached hydrogen (secondary N) is 1. The fourth-order valence-electron chi connectivity index (χ4n) is 2.82. The number of nitrogens with zero attached hydrogens (tertiary/aromatic N) is 2. The van der Waals surface area contributed by atoms with Gasteiger partial charge in [-0.1, -0.05) is 12.1 Å². The van der Waals surface area contributed by atoms with Gasteiger partial charge in [0.25, 0.3) is 5.91 Å². The minimum absolute atomic E-state index is 0.241. The number of ether oxygens (including phenoxy) is 2. The van der Waals surface area contributed by atoms with Crippen molar-refractivity contribution in [3.05, 3.63) is 70.2 Å². The van der Waals surface area contributed by atoms with E-state index in [2.05, 4.69) is 16.4 Å². The Morgan fingerprint density at radius 2 is 1.93 bits per heavy atom. The third-order valence-electron chi connectivity index (χ3n) is 4.25. The third kappa shape index (κ3) is 4.13. The van der Waals surface area contributed by atoms with Gasteiger partial charge in [0, 0.05) is 29.5 Å². The maximum atomic E-state index is 12.6. The number of hydrogen-bond donors (Lipinski definition) is 1. The summed E-state index contributed by atoms with van der Waals surface area (Å²) in [5.41, 5.74) is 2.22. The number of benzene rings is 2. The summed E-state index contributed by atoms with van der Waals surface area (Å²) in [6, 6.07) is 14.7. The smallest absolute Gasteiger partial charge is 0.257 e. The van der Waals surface area contributed by atoms with Crippen LogP contribution in [-0.4, -0.2) is 24.1 Å². The first-order valence-electron chi connectivity index (χ1n) is 8.86. The summed E-state index contributed by atoms with van der Waals surface area (Å²) in [6.45, 7) is 1.18. The van der Waals surface area contributed by atoms with Gasteiger partial charge in [-0.2, -0.15) is 5.26 Å². The number of hydrogen-bond acceptors (Lipinski definition) is 6. The van der Waals surface area contributed by atoms with E-state index in [9.17, 15) is 4.79 Å². The van der Waals surface area contributed by atoms with E-state index in [0.29, 0.717) is 47.4 Å². The summed E-state index contributed by atoms with van der Waals surface area (Å²) >= 11 is 1.43. The lowest BCUT2D eigenvalue weighted by molar-refractivity contribution is 0.102. The van der Waals surface area contributed by atoms with E-state index in [1.807, 2.05) is 12.1 Å². The molecule has 0 fully saturated rings. The zero-order valence-electron chi connectivity index (χ0n) is 15.0. The highest BCUT2D eigenvalue weighted by atomic mass is 32.1. The molecule has 7 heteroatoms. The van der Waals surface area contributed by atoms with Crippen molar-refractivity contribution in [2.75, 3.05) is 18.5 Å². The van der Waals surface area contributed by atoms with E-state index < -0.39 is 0 Å². The van der Waals surface area contributed by atoms with Crippen molar-refractivity contribution >= 4 is 22.4 Å². The van der Waals surface area contributed by atoms with Crippen LogP contribution in [0.5, 0.6) is 11.5 Å². The van der Waals surface area contributed by atoms with Crippen molar-refractivity contribution < 1.29 is 14.3 Å². The number of fused-ring (bicyclic) bond motifs is 1. The lowest BCUT2D eigenvalue weighted by atomic mass is 10.1. The number of nitriles is 1. The van der Waals surface area contributed by atoms with Crippen LogP contribution in [0.4, 0.5) is 5.13 Å². The van der Waals surface area contributed by atoms with Crippen molar-refractivity contribution in [3.8, 4) is 17.6 Å². The van der Waals surface area contributed by atoms with Crippen LogP contribution in [0.25, 0.3) is 0 Å². The summed E-state index contributed by atoms with van der Waals surface area (Å²) in [4.78, 5) is 17.9. The molecule has 2 aromatic carbocycles. The molecular formula is C21H17N3O3S. The second-order valence-corrected chi connectivity index (χ2v) is 7.40. The Labute approximate surface area is 166 Å². The number of carbonyl (C=O) groups excluding carboxylic acids is 1. The second-order valence-electron chi connectivity index (χ2n) is 6.28. The Bertz CT molecular complexity index is 1040. The molecule has 140 valence electrons. The molecule has 0 saturated heterocycles. The summed E-state index contributed by atoms with van der Waals surface area (Å²) in [5, 5.41) is 12.2. The zero-order valence-corrected chi connectivity index (χ0v) is 15.8. The van der Waals surface area contributed by atoms with Gasteiger partial charge < -0.3 is 9.47 Å². The molecule has 0 spiro atoms. The Hall–Kier alpha value is -3.37. The summed E-state index contributed by atoms with van der Waals surface area (Å²) in [5.74, 6) is 1.01. The van der Waals surface area contributed by atoms with Crippen LogP contribution in [0.15, 0.2) is 48.7 Å². The monoisotopic (exact) mass is 391 g/mol. The minimum atomic E-state index is -0.241. The van der Waals surface area contributed by atoms with Gasteiger partial charge in [0.2, 0.25) is 0 Å². The van der Waals surface area contributed by atoms with E-state index in [1.165, 1.54) is 11.3 Å². The van der Waals surface area contributed by atoms with Crippen LogP contribution < -0.4 is 14.8 Å². The molecule has 1 N–H and O–H groups in total. The Balaban J connectivity index is 1.42. The van der Waals surface area contributed by atoms with Gasteiger partial charge >= 0.3 is 0 Å². The van der Waals surface area contributed by atoms with Gasteiger partial charge in [0.05, 0.1) is 24.8 Å². The fraction of sp³-hybridized carbons (Fsp3) is 0.190. The molecular weight excluding hydrogens is 374 g/mol. The standard InChI is InChI=1S/C21H17N3O3S/c22-12-15-4-2-14(3-5-15)10-17-13-23-21(28-17)24-20(25)16-6-7-18-19(11-16)27-9-1-8-26-18/h2-7,11,13H,1,8-10H2,(H,23,24,25). The predicted octanol–water partition coefficient (Wildman–Crippen LogP) is 4.02. The van der Waals surface area contributed by atoms with E-state index in [0.717, 1.165) is 16.9 Å². The van der Waals surface area contributed by atoms with E-state index >= 15 is 0 Å². The van der Waals surface area contributed by atoms with E-state index in [1.54, 1.807) is 36.5 Å². The molecule has 1 amide bonds. The Morgan fingerprint density at radius 1 is 1.14 bits per heavy atom. The quantitative estimate of drug-likeness (QED) is 0.726. The largest absolute Gasteiger partial charge is 0.490 e. The summed E-state index contributed by atoms with van der Waals surface area (Å²) in [6.07, 6.45) is 3.27. The Morgan fingerprint density at radius 3 is 2.71 bits per heavy atom. The van der Waals surface area contributed by atoms with Gasteiger partial charge in [-0.25, -0.2) is 4.98 Å². The molecule has 0 radical (unpaired) electrons. The van der Waals surface area contributed by atoms with Gasteiger partial charge in [0.1, 0.15) is 0 Å². The lowest BCUT2D eigenvalue weighted by Crippen LogP contribution is -2.11. The number of anilines is 1. The number of carbonyl (C=O) groups is 1. The normalized spacial score (nSPS) is 12.7. The van der Waals surface area contributed by atoms with Crippen LogP contribution in [0.2, 0.25) is 0 Å². The first-order valence-corrected chi connectivity index (χ1v) is 9.68. The predicted molar refractivity (Wildman–Crippen MR) is 106 cm³/mol. The maximum absolute atomic E-state index is 12.6. The van der Waals surface area contributed by atoms with Crippen molar-refractivity contribution in [2.45, 2.75) is 12.8 Å². The zero-order chi connectivity index (χ0) is 19.3.